The van der Waals surface area contributed by atoms with Gasteiger partial charge in [-0.15, -0.1) is 0 Å². The van der Waals surface area contributed by atoms with Crippen molar-refractivity contribution >= 4 is 27.7 Å². The van der Waals surface area contributed by atoms with E-state index in [0.29, 0.717) is 19.4 Å². The molecule has 0 aliphatic carbocycles. The van der Waals surface area contributed by atoms with Gasteiger partial charge in [-0.1, -0.05) is 48.0 Å². The Balaban J connectivity index is 2.34. The fourth-order valence-electron chi connectivity index (χ4n) is 2.73. The molecule has 1 fully saturated rings. The van der Waals surface area contributed by atoms with Crippen LogP contribution in [0.4, 0.5) is 0 Å². The number of carbonyl (C=O) groups excluding carboxylic acids is 2. The zero-order valence-electron chi connectivity index (χ0n) is 12.6. The SMILES string of the molecule is CCC1(CC)NC(=O)C(C)N(Cc2ccccc2Br)C1=O. The van der Waals surface area contributed by atoms with Gasteiger partial charge in [0.1, 0.15) is 11.6 Å². The summed E-state index contributed by atoms with van der Waals surface area (Å²) in [7, 11) is 0. The number of hydrogen-bond acceptors (Lipinski definition) is 2. The number of carbonyl (C=O) groups is 2. The third-order valence-corrected chi connectivity index (χ3v) is 5.16. The molecule has 0 bridgehead atoms. The van der Waals surface area contributed by atoms with Crippen molar-refractivity contribution in [2.75, 3.05) is 0 Å². The molecule has 4 nitrogen and oxygen atoms in total. The number of rotatable bonds is 4. The van der Waals surface area contributed by atoms with E-state index in [9.17, 15) is 9.59 Å². The molecular formula is C16H21BrN2O2. The van der Waals surface area contributed by atoms with E-state index in [2.05, 4.69) is 21.2 Å². The highest BCUT2D eigenvalue weighted by Gasteiger charge is 2.47. The van der Waals surface area contributed by atoms with Crippen molar-refractivity contribution in [3.63, 3.8) is 0 Å². The van der Waals surface area contributed by atoms with Crippen LogP contribution in [0.15, 0.2) is 28.7 Å². The normalized spacial score (nSPS) is 21.3. The molecule has 2 amide bonds. The second-order valence-corrected chi connectivity index (χ2v) is 6.33. The summed E-state index contributed by atoms with van der Waals surface area (Å²) in [5.74, 6) is -0.0688. The van der Waals surface area contributed by atoms with Crippen LogP contribution in [0.2, 0.25) is 0 Å². The maximum atomic E-state index is 12.9. The molecule has 114 valence electrons. The van der Waals surface area contributed by atoms with Gasteiger partial charge in [-0.2, -0.15) is 0 Å². The highest BCUT2D eigenvalue weighted by atomic mass is 79.9. The first-order valence-electron chi connectivity index (χ1n) is 7.31. The van der Waals surface area contributed by atoms with E-state index in [0.717, 1.165) is 10.0 Å². The zero-order chi connectivity index (χ0) is 15.6. The van der Waals surface area contributed by atoms with Crippen molar-refractivity contribution in [3.05, 3.63) is 34.3 Å². The Labute approximate surface area is 134 Å². The van der Waals surface area contributed by atoms with Crippen LogP contribution in [0.1, 0.15) is 39.2 Å². The van der Waals surface area contributed by atoms with Gasteiger partial charge in [0.15, 0.2) is 0 Å². The van der Waals surface area contributed by atoms with Crippen LogP contribution in [0, 0.1) is 0 Å². The fraction of sp³-hybridized carbons (Fsp3) is 0.500. The third kappa shape index (κ3) is 2.84. The smallest absolute Gasteiger partial charge is 0.249 e. The van der Waals surface area contributed by atoms with E-state index in [1.807, 2.05) is 38.1 Å². The van der Waals surface area contributed by atoms with Crippen LogP contribution in [-0.4, -0.2) is 28.3 Å². The number of benzene rings is 1. The first kappa shape index (κ1) is 16.0. The number of nitrogens with zero attached hydrogens (tertiary/aromatic N) is 1. The maximum Gasteiger partial charge on any atom is 0.249 e. The average molecular weight is 353 g/mol. The van der Waals surface area contributed by atoms with Crippen molar-refractivity contribution in [1.82, 2.24) is 10.2 Å². The van der Waals surface area contributed by atoms with Crippen molar-refractivity contribution in [1.29, 1.82) is 0 Å². The molecule has 1 unspecified atom stereocenters. The lowest BCUT2D eigenvalue weighted by Gasteiger charge is -2.44. The van der Waals surface area contributed by atoms with E-state index >= 15 is 0 Å². The van der Waals surface area contributed by atoms with Crippen molar-refractivity contribution < 1.29 is 9.59 Å². The lowest BCUT2D eigenvalue weighted by Crippen LogP contribution is -2.69. The van der Waals surface area contributed by atoms with Gasteiger partial charge < -0.3 is 10.2 Å². The minimum Gasteiger partial charge on any atom is -0.340 e. The predicted octanol–water partition coefficient (Wildman–Crippen LogP) is 2.85. The van der Waals surface area contributed by atoms with Gasteiger partial charge in [-0.3, -0.25) is 9.59 Å². The van der Waals surface area contributed by atoms with Gasteiger partial charge >= 0.3 is 0 Å². The Bertz CT molecular complexity index is 555. The first-order chi connectivity index (χ1) is 9.95. The Kier molecular flexibility index (Phi) is 4.71. The van der Waals surface area contributed by atoms with Gasteiger partial charge in [-0.05, 0) is 31.4 Å². The van der Waals surface area contributed by atoms with Crippen molar-refractivity contribution in [3.8, 4) is 0 Å². The summed E-state index contributed by atoms with van der Waals surface area (Å²) in [6.45, 7) is 6.10. The molecule has 1 aliphatic rings. The molecule has 2 rings (SSSR count). The van der Waals surface area contributed by atoms with Crippen LogP contribution >= 0.6 is 15.9 Å². The Morgan fingerprint density at radius 3 is 2.43 bits per heavy atom. The quantitative estimate of drug-likeness (QED) is 0.905. The lowest BCUT2D eigenvalue weighted by molar-refractivity contribution is -0.155. The van der Waals surface area contributed by atoms with Gasteiger partial charge in [-0.25, -0.2) is 0 Å². The van der Waals surface area contributed by atoms with Crippen molar-refractivity contribution in [2.24, 2.45) is 0 Å². The van der Waals surface area contributed by atoms with Gasteiger partial charge in [0.2, 0.25) is 11.8 Å². The third-order valence-electron chi connectivity index (χ3n) is 4.39. The van der Waals surface area contributed by atoms with E-state index in [1.165, 1.54) is 0 Å². The Morgan fingerprint density at radius 1 is 1.24 bits per heavy atom. The molecule has 1 aromatic carbocycles. The molecular weight excluding hydrogens is 332 g/mol. The topological polar surface area (TPSA) is 49.4 Å². The van der Waals surface area contributed by atoms with Crippen LogP contribution in [0.5, 0.6) is 0 Å². The molecule has 0 radical (unpaired) electrons. The summed E-state index contributed by atoms with van der Waals surface area (Å²) < 4.78 is 0.953. The molecule has 1 aliphatic heterocycles. The van der Waals surface area contributed by atoms with Crippen LogP contribution in [0.3, 0.4) is 0 Å². The van der Waals surface area contributed by atoms with Crippen molar-refractivity contribution in [2.45, 2.75) is 51.7 Å². The molecule has 21 heavy (non-hydrogen) atoms. The molecule has 0 aromatic heterocycles. The minimum absolute atomic E-state index is 0.00959. The number of hydrogen-bond donors (Lipinski definition) is 1. The Morgan fingerprint density at radius 2 is 1.86 bits per heavy atom. The molecule has 1 aromatic rings. The monoisotopic (exact) mass is 352 g/mol. The number of nitrogens with one attached hydrogen (secondary N) is 1. The fourth-order valence-corrected chi connectivity index (χ4v) is 3.14. The highest BCUT2D eigenvalue weighted by Crippen LogP contribution is 2.27. The van der Waals surface area contributed by atoms with E-state index in [1.54, 1.807) is 11.8 Å². The maximum absolute atomic E-state index is 12.9. The Hall–Kier alpha value is -1.36. The summed E-state index contributed by atoms with van der Waals surface area (Å²) in [6, 6.07) is 7.34. The second kappa shape index (κ2) is 6.18. The van der Waals surface area contributed by atoms with E-state index in [4.69, 9.17) is 0 Å². The summed E-state index contributed by atoms with van der Waals surface area (Å²) in [5, 5.41) is 2.92. The van der Waals surface area contributed by atoms with Gasteiger partial charge in [0.25, 0.3) is 0 Å². The largest absolute Gasteiger partial charge is 0.340 e. The number of piperazine rings is 1. The lowest BCUT2D eigenvalue weighted by atomic mass is 9.87. The van der Waals surface area contributed by atoms with E-state index in [-0.39, 0.29) is 11.8 Å². The first-order valence-corrected chi connectivity index (χ1v) is 8.11. The summed E-state index contributed by atoms with van der Waals surface area (Å²) >= 11 is 3.50. The van der Waals surface area contributed by atoms with Crippen LogP contribution in [-0.2, 0) is 16.1 Å². The zero-order valence-corrected chi connectivity index (χ0v) is 14.2. The minimum atomic E-state index is -0.759. The van der Waals surface area contributed by atoms with Crippen LogP contribution in [0.25, 0.3) is 0 Å². The molecule has 1 N–H and O–H groups in total. The molecule has 1 atom stereocenters. The van der Waals surface area contributed by atoms with E-state index < -0.39 is 11.6 Å². The molecule has 0 spiro atoms. The standard InChI is InChI=1S/C16H21BrN2O2/c1-4-16(5-2)15(21)19(11(3)14(20)18-16)10-12-8-6-7-9-13(12)17/h6-9,11H,4-5,10H2,1-3H3,(H,18,20). The van der Waals surface area contributed by atoms with Crippen LogP contribution < -0.4 is 5.32 Å². The highest BCUT2D eigenvalue weighted by molar-refractivity contribution is 9.10. The molecule has 0 saturated carbocycles. The van der Waals surface area contributed by atoms with Gasteiger partial charge in [0.05, 0.1) is 0 Å². The summed E-state index contributed by atoms with van der Waals surface area (Å²) in [5.41, 5.74) is 0.249. The average Bonchev–Trinajstić information content (AvgIpc) is 2.49. The summed E-state index contributed by atoms with van der Waals surface area (Å²) in [4.78, 5) is 26.8. The summed E-state index contributed by atoms with van der Waals surface area (Å²) in [6.07, 6.45) is 1.21. The number of halogens is 1. The molecule has 1 saturated heterocycles. The van der Waals surface area contributed by atoms with Gasteiger partial charge in [0, 0.05) is 11.0 Å². The molecule has 5 heteroatoms. The molecule has 1 heterocycles. The second-order valence-electron chi connectivity index (χ2n) is 5.48. The predicted molar refractivity (Wildman–Crippen MR) is 85.6 cm³/mol. The number of amides is 2.